The van der Waals surface area contributed by atoms with Crippen molar-refractivity contribution < 1.29 is 19.1 Å². The van der Waals surface area contributed by atoms with E-state index in [1.165, 1.54) is 0 Å². The third-order valence-electron chi connectivity index (χ3n) is 5.80. The molecule has 0 aromatic heterocycles. The van der Waals surface area contributed by atoms with Gasteiger partial charge in [0.15, 0.2) is 0 Å². The van der Waals surface area contributed by atoms with Crippen LogP contribution < -0.4 is 0 Å². The summed E-state index contributed by atoms with van der Waals surface area (Å²) >= 11 is 3.42. The molecule has 1 heterocycles. The van der Waals surface area contributed by atoms with Gasteiger partial charge in [0.05, 0.1) is 11.3 Å². The van der Waals surface area contributed by atoms with Crippen molar-refractivity contribution >= 4 is 33.6 Å². The lowest BCUT2D eigenvalue weighted by Gasteiger charge is -2.20. The zero-order valence-electron chi connectivity index (χ0n) is 17.2. The molecule has 2 aromatic rings. The number of hydrogen-bond acceptors (Lipinski definition) is 4. The number of carbonyl (C=O) groups is 3. The average molecular weight is 470 g/mol. The Kier molecular flexibility index (Phi) is 5.09. The predicted molar refractivity (Wildman–Crippen MR) is 116 cm³/mol. The van der Waals surface area contributed by atoms with Crippen LogP contribution in [-0.2, 0) is 25.7 Å². The minimum Gasteiger partial charge on any atom is -0.460 e. The van der Waals surface area contributed by atoms with Gasteiger partial charge in [-0.15, -0.1) is 0 Å². The third kappa shape index (κ3) is 3.58. The van der Waals surface area contributed by atoms with Gasteiger partial charge < -0.3 is 9.64 Å². The van der Waals surface area contributed by atoms with E-state index in [0.717, 1.165) is 15.6 Å². The van der Waals surface area contributed by atoms with Crippen molar-refractivity contribution in [2.24, 2.45) is 11.3 Å². The molecule has 1 saturated carbocycles. The van der Waals surface area contributed by atoms with Crippen molar-refractivity contribution in [3.63, 3.8) is 0 Å². The molecular weight excluding hydrogens is 446 g/mol. The number of rotatable bonds is 4. The maximum Gasteiger partial charge on any atom is 0.311 e. The van der Waals surface area contributed by atoms with E-state index in [2.05, 4.69) is 15.9 Å². The van der Waals surface area contributed by atoms with Gasteiger partial charge in [0, 0.05) is 23.5 Å². The number of nitrogens with zero attached hydrogens (tertiary/aromatic N) is 1. The summed E-state index contributed by atoms with van der Waals surface area (Å²) in [4.78, 5) is 40.7. The molecule has 2 fully saturated rings. The van der Waals surface area contributed by atoms with Crippen molar-refractivity contribution in [3.8, 4) is 0 Å². The highest BCUT2D eigenvalue weighted by Gasteiger charge is 2.78. The molecule has 2 aromatic carbocycles. The van der Waals surface area contributed by atoms with E-state index in [1.807, 2.05) is 54.6 Å². The van der Waals surface area contributed by atoms with E-state index in [1.54, 1.807) is 25.7 Å². The molecule has 2 aliphatic rings. The Morgan fingerprint density at radius 3 is 2.33 bits per heavy atom. The van der Waals surface area contributed by atoms with Crippen molar-refractivity contribution in [2.75, 3.05) is 6.54 Å². The maximum absolute atomic E-state index is 13.2. The summed E-state index contributed by atoms with van der Waals surface area (Å²) in [5.74, 6) is -2.44. The van der Waals surface area contributed by atoms with Gasteiger partial charge >= 0.3 is 5.97 Å². The summed E-state index contributed by atoms with van der Waals surface area (Å²) < 4.78 is 6.54. The maximum atomic E-state index is 13.2. The van der Waals surface area contributed by atoms with Gasteiger partial charge in [0.25, 0.3) is 5.91 Å². The molecule has 4 rings (SSSR count). The SMILES string of the molecule is CC(C)(C)OC(=O)[C@@H]1[C@@H](c2ccc(Br)cc2)[C@]12CN(Cc1ccccc1)C(=O)C2=O. The predicted octanol–water partition coefficient (Wildman–Crippen LogP) is 4.10. The molecule has 0 unspecified atom stereocenters. The first-order valence-electron chi connectivity index (χ1n) is 9.99. The lowest BCUT2D eigenvalue weighted by atomic mass is 9.96. The number of likely N-dealkylation sites (tertiary alicyclic amines) is 1. The van der Waals surface area contributed by atoms with E-state index >= 15 is 0 Å². The van der Waals surface area contributed by atoms with E-state index < -0.39 is 34.6 Å². The van der Waals surface area contributed by atoms with Gasteiger partial charge in [-0.2, -0.15) is 0 Å². The topological polar surface area (TPSA) is 63.7 Å². The van der Waals surface area contributed by atoms with Gasteiger partial charge in [-0.1, -0.05) is 58.4 Å². The molecule has 0 radical (unpaired) electrons. The van der Waals surface area contributed by atoms with Crippen LogP contribution in [0.4, 0.5) is 0 Å². The molecule has 3 atom stereocenters. The fourth-order valence-corrected chi connectivity index (χ4v) is 4.79. The number of ether oxygens (including phenoxy) is 1. The Bertz CT molecular complexity index is 996. The second-order valence-corrected chi connectivity index (χ2v) is 9.97. The van der Waals surface area contributed by atoms with E-state index in [-0.39, 0.29) is 12.5 Å². The van der Waals surface area contributed by atoms with Crippen LogP contribution in [0.3, 0.4) is 0 Å². The number of hydrogen-bond donors (Lipinski definition) is 0. The highest BCUT2D eigenvalue weighted by Crippen LogP contribution is 2.68. The van der Waals surface area contributed by atoms with Crippen molar-refractivity contribution in [1.29, 1.82) is 0 Å². The van der Waals surface area contributed by atoms with Gasteiger partial charge in [-0.3, -0.25) is 14.4 Å². The molecule has 30 heavy (non-hydrogen) atoms. The second kappa shape index (κ2) is 7.34. The lowest BCUT2D eigenvalue weighted by molar-refractivity contribution is -0.158. The van der Waals surface area contributed by atoms with Crippen LogP contribution in [0.1, 0.15) is 37.8 Å². The number of benzene rings is 2. The molecule has 1 spiro atoms. The number of esters is 1. The molecule has 0 bridgehead atoms. The third-order valence-corrected chi connectivity index (χ3v) is 6.33. The number of Topliss-reactive ketones (excluding diaryl/α,β-unsaturated/α-hetero) is 1. The normalized spacial score (nSPS) is 25.7. The van der Waals surface area contributed by atoms with Crippen molar-refractivity contribution in [2.45, 2.75) is 38.8 Å². The highest BCUT2D eigenvalue weighted by atomic mass is 79.9. The molecule has 1 amide bonds. The molecular formula is C24H24BrNO4. The summed E-state index contributed by atoms with van der Waals surface area (Å²) in [6.45, 7) is 5.99. The van der Waals surface area contributed by atoms with Crippen LogP contribution >= 0.6 is 15.9 Å². The van der Waals surface area contributed by atoms with Crippen molar-refractivity contribution in [1.82, 2.24) is 4.90 Å². The van der Waals surface area contributed by atoms with Crippen LogP contribution in [0.5, 0.6) is 0 Å². The summed E-state index contributed by atoms with van der Waals surface area (Å²) in [6, 6.07) is 17.1. The van der Waals surface area contributed by atoms with Gasteiger partial charge in [0.2, 0.25) is 5.78 Å². The molecule has 6 heteroatoms. The summed E-state index contributed by atoms with van der Waals surface area (Å²) in [7, 11) is 0. The standard InChI is InChI=1S/C24H24BrNO4/c1-23(2,3)30-22(29)19-18(16-9-11-17(25)12-10-16)24(19)14-26(21(28)20(24)27)13-15-7-5-4-6-8-15/h4-12,18-19H,13-14H2,1-3H3/t18-,19+,24-/m1/s1. The zero-order valence-corrected chi connectivity index (χ0v) is 18.8. The molecule has 0 N–H and O–H groups in total. The summed E-state index contributed by atoms with van der Waals surface area (Å²) in [5.41, 5.74) is 0.102. The molecule has 156 valence electrons. The number of halogens is 1. The number of amides is 1. The van der Waals surface area contributed by atoms with E-state index in [0.29, 0.717) is 6.54 Å². The molecule has 1 aliphatic carbocycles. The van der Waals surface area contributed by atoms with E-state index in [9.17, 15) is 14.4 Å². The Balaban J connectivity index is 1.67. The largest absolute Gasteiger partial charge is 0.460 e. The fourth-order valence-electron chi connectivity index (χ4n) is 4.52. The van der Waals surface area contributed by atoms with Gasteiger partial charge in [0.1, 0.15) is 5.60 Å². The van der Waals surface area contributed by atoms with E-state index in [4.69, 9.17) is 4.74 Å². The minimum atomic E-state index is -1.05. The fraction of sp³-hybridized carbons (Fsp3) is 0.375. The van der Waals surface area contributed by atoms with Crippen molar-refractivity contribution in [3.05, 3.63) is 70.2 Å². The number of ketones is 1. The lowest BCUT2D eigenvalue weighted by Crippen LogP contribution is -2.28. The van der Waals surface area contributed by atoms with Crippen LogP contribution in [0.15, 0.2) is 59.1 Å². The minimum absolute atomic E-state index is 0.226. The van der Waals surface area contributed by atoms with Crippen LogP contribution in [0, 0.1) is 11.3 Å². The zero-order chi connectivity index (χ0) is 21.7. The quantitative estimate of drug-likeness (QED) is 0.499. The Morgan fingerprint density at radius 1 is 1.10 bits per heavy atom. The van der Waals surface area contributed by atoms with Gasteiger partial charge in [-0.05, 0) is 44.0 Å². The highest BCUT2D eigenvalue weighted by molar-refractivity contribution is 9.10. The van der Waals surface area contributed by atoms with Crippen LogP contribution in [0.25, 0.3) is 0 Å². The second-order valence-electron chi connectivity index (χ2n) is 9.06. The van der Waals surface area contributed by atoms with Crippen LogP contribution in [-0.4, -0.2) is 34.7 Å². The smallest absolute Gasteiger partial charge is 0.311 e. The summed E-state index contributed by atoms with van der Waals surface area (Å²) in [5, 5.41) is 0. The van der Waals surface area contributed by atoms with Crippen LogP contribution in [0.2, 0.25) is 0 Å². The van der Waals surface area contributed by atoms with Gasteiger partial charge in [-0.25, -0.2) is 0 Å². The molecule has 1 aliphatic heterocycles. The molecule has 1 saturated heterocycles. The Labute approximate surface area is 184 Å². The average Bonchev–Trinajstić information content (AvgIpc) is 3.29. The number of carbonyl (C=O) groups excluding carboxylic acids is 3. The Morgan fingerprint density at radius 2 is 1.73 bits per heavy atom. The Hall–Kier alpha value is -2.47. The molecule has 5 nitrogen and oxygen atoms in total. The summed E-state index contributed by atoms with van der Waals surface area (Å²) in [6.07, 6.45) is 0. The first-order chi connectivity index (χ1) is 14.1. The first-order valence-corrected chi connectivity index (χ1v) is 10.8. The first kappa shape index (κ1) is 20.8. The monoisotopic (exact) mass is 469 g/mol.